The fourth-order valence-electron chi connectivity index (χ4n) is 2.92. The van der Waals surface area contributed by atoms with E-state index in [1.54, 1.807) is 9.80 Å². The third-order valence-corrected chi connectivity index (χ3v) is 4.22. The Balaban J connectivity index is 2.06. The number of hydrogen-bond donors (Lipinski definition) is 1. The molecule has 0 saturated carbocycles. The quantitative estimate of drug-likeness (QED) is 0.824. The third-order valence-electron chi connectivity index (χ3n) is 4.22. The van der Waals surface area contributed by atoms with Gasteiger partial charge in [0.05, 0.1) is 32.0 Å². The van der Waals surface area contributed by atoms with Gasteiger partial charge in [-0.3, -0.25) is 4.79 Å². The molecule has 2 fully saturated rings. The number of amides is 2. The van der Waals surface area contributed by atoms with E-state index in [2.05, 4.69) is 0 Å². The van der Waals surface area contributed by atoms with E-state index in [-0.39, 0.29) is 31.4 Å². The first-order chi connectivity index (χ1) is 10.1. The van der Waals surface area contributed by atoms with Gasteiger partial charge in [0.25, 0.3) is 0 Å². The number of urea groups is 1. The van der Waals surface area contributed by atoms with Gasteiger partial charge in [-0.05, 0) is 13.3 Å². The SMILES string of the molecule is CCC1CN(C(=O)N(CC)C2COCC2C(=O)O)CCO1. The predicted molar refractivity (Wildman–Crippen MR) is 75.1 cm³/mol. The van der Waals surface area contributed by atoms with Gasteiger partial charge in [0, 0.05) is 19.6 Å². The highest BCUT2D eigenvalue weighted by atomic mass is 16.5. The molecule has 120 valence electrons. The van der Waals surface area contributed by atoms with Crippen LogP contribution >= 0.6 is 0 Å². The molecule has 3 atom stereocenters. The molecule has 0 aromatic heterocycles. The number of carboxylic acids is 1. The number of carboxylic acid groups (broad SMARTS) is 1. The third kappa shape index (κ3) is 3.47. The maximum atomic E-state index is 12.7. The molecule has 0 aliphatic carbocycles. The van der Waals surface area contributed by atoms with Crippen LogP contribution in [0.25, 0.3) is 0 Å². The van der Waals surface area contributed by atoms with E-state index in [9.17, 15) is 14.7 Å². The van der Waals surface area contributed by atoms with Crippen molar-refractivity contribution in [2.24, 2.45) is 5.92 Å². The van der Waals surface area contributed by atoms with E-state index in [0.717, 1.165) is 6.42 Å². The molecule has 2 amide bonds. The number of rotatable bonds is 4. The lowest BCUT2D eigenvalue weighted by Crippen LogP contribution is -2.55. The average molecular weight is 300 g/mol. The predicted octanol–water partition coefficient (Wildman–Crippen LogP) is 0.639. The molecular weight excluding hydrogens is 276 g/mol. The topological polar surface area (TPSA) is 79.3 Å². The number of ether oxygens (including phenoxy) is 2. The van der Waals surface area contributed by atoms with Crippen molar-refractivity contribution in [3.8, 4) is 0 Å². The lowest BCUT2D eigenvalue weighted by atomic mass is 10.0. The zero-order chi connectivity index (χ0) is 15.4. The van der Waals surface area contributed by atoms with E-state index in [0.29, 0.717) is 26.2 Å². The first kappa shape index (κ1) is 16.0. The highest BCUT2D eigenvalue weighted by molar-refractivity contribution is 5.77. The molecule has 2 aliphatic rings. The number of nitrogens with zero attached hydrogens (tertiary/aromatic N) is 2. The van der Waals surface area contributed by atoms with Crippen LogP contribution in [0.5, 0.6) is 0 Å². The average Bonchev–Trinajstić information content (AvgIpc) is 2.97. The van der Waals surface area contributed by atoms with E-state index in [1.807, 2.05) is 13.8 Å². The van der Waals surface area contributed by atoms with Gasteiger partial charge in [-0.15, -0.1) is 0 Å². The summed E-state index contributed by atoms with van der Waals surface area (Å²) < 4.78 is 10.9. The first-order valence-corrected chi connectivity index (χ1v) is 7.56. The summed E-state index contributed by atoms with van der Waals surface area (Å²) in [7, 11) is 0. The van der Waals surface area contributed by atoms with Crippen molar-refractivity contribution in [1.82, 2.24) is 9.80 Å². The van der Waals surface area contributed by atoms with Crippen LogP contribution in [0.4, 0.5) is 4.79 Å². The molecule has 21 heavy (non-hydrogen) atoms. The highest BCUT2D eigenvalue weighted by Crippen LogP contribution is 2.22. The number of hydrogen-bond acceptors (Lipinski definition) is 4. The second-order valence-electron chi connectivity index (χ2n) is 5.47. The lowest BCUT2D eigenvalue weighted by Gasteiger charge is -2.38. The minimum atomic E-state index is -0.905. The molecule has 2 rings (SSSR count). The Morgan fingerprint density at radius 2 is 2.10 bits per heavy atom. The van der Waals surface area contributed by atoms with Gasteiger partial charge < -0.3 is 24.4 Å². The van der Waals surface area contributed by atoms with Crippen LogP contribution in [-0.4, -0.2) is 78.5 Å². The zero-order valence-electron chi connectivity index (χ0n) is 12.7. The van der Waals surface area contributed by atoms with Gasteiger partial charge in [0.15, 0.2) is 0 Å². The van der Waals surface area contributed by atoms with E-state index in [4.69, 9.17) is 9.47 Å². The van der Waals surface area contributed by atoms with Crippen LogP contribution in [0, 0.1) is 5.92 Å². The largest absolute Gasteiger partial charge is 0.481 e. The van der Waals surface area contributed by atoms with Crippen LogP contribution < -0.4 is 0 Å². The fourth-order valence-corrected chi connectivity index (χ4v) is 2.92. The molecule has 0 bridgehead atoms. The number of likely N-dealkylation sites (N-methyl/N-ethyl adjacent to an activating group) is 1. The van der Waals surface area contributed by atoms with Gasteiger partial charge in [-0.25, -0.2) is 4.79 Å². The van der Waals surface area contributed by atoms with Crippen molar-refractivity contribution in [1.29, 1.82) is 0 Å². The van der Waals surface area contributed by atoms with Crippen molar-refractivity contribution >= 4 is 12.0 Å². The molecular formula is C14H24N2O5. The second kappa shape index (κ2) is 7.09. The van der Waals surface area contributed by atoms with Gasteiger partial charge in [0.1, 0.15) is 5.92 Å². The molecule has 7 nitrogen and oxygen atoms in total. The summed E-state index contributed by atoms with van der Waals surface area (Å²) in [6.07, 6.45) is 0.928. The maximum absolute atomic E-state index is 12.7. The summed E-state index contributed by atoms with van der Waals surface area (Å²) in [4.78, 5) is 27.4. The lowest BCUT2D eigenvalue weighted by molar-refractivity contribution is -0.142. The standard InChI is InChI=1S/C14H24N2O5/c1-3-10-7-15(5-6-21-10)14(19)16(4-2)12-9-20-8-11(12)13(17)18/h10-12H,3-9H2,1-2H3,(H,17,18). The van der Waals surface area contributed by atoms with Crippen molar-refractivity contribution in [3.63, 3.8) is 0 Å². The van der Waals surface area contributed by atoms with Crippen LogP contribution in [0.2, 0.25) is 0 Å². The van der Waals surface area contributed by atoms with Gasteiger partial charge in [-0.1, -0.05) is 6.92 Å². The number of carbonyl (C=O) groups is 2. The van der Waals surface area contributed by atoms with Gasteiger partial charge in [-0.2, -0.15) is 0 Å². The molecule has 0 spiro atoms. The molecule has 2 aliphatic heterocycles. The van der Waals surface area contributed by atoms with Crippen molar-refractivity contribution in [2.45, 2.75) is 32.4 Å². The van der Waals surface area contributed by atoms with Crippen molar-refractivity contribution in [2.75, 3.05) is 39.5 Å². The normalized spacial score (nSPS) is 29.4. The molecule has 0 radical (unpaired) electrons. The molecule has 0 aromatic rings. The highest BCUT2D eigenvalue weighted by Gasteiger charge is 2.41. The Labute approximate surface area is 124 Å². The van der Waals surface area contributed by atoms with Gasteiger partial charge in [0.2, 0.25) is 0 Å². The summed E-state index contributed by atoms with van der Waals surface area (Å²) >= 11 is 0. The fraction of sp³-hybridized carbons (Fsp3) is 0.857. The molecule has 2 saturated heterocycles. The van der Waals surface area contributed by atoms with E-state index < -0.39 is 11.9 Å². The summed E-state index contributed by atoms with van der Waals surface area (Å²) in [5.74, 6) is -1.55. The minimum absolute atomic E-state index is 0.0662. The van der Waals surface area contributed by atoms with Crippen molar-refractivity contribution in [3.05, 3.63) is 0 Å². The van der Waals surface area contributed by atoms with Crippen LogP contribution in [-0.2, 0) is 14.3 Å². The Bertz CT molecular complexity index is 390. The Hall–Kier alpha value is -1.34. The van der Waals surface area contributed by atoms with E-state index in [1.165, 1.54) is 0 Å². The monoisotopic (exact) mass is 300 g/mol. The summed E-state index contributed by atoms with van der Waals surface area (Å²) in [6.45, 7) is 6.49. The maximum Gasteiger partial charge on any atom is 0.320 e. The molecule has 2 heterocycles. The van der Waals surface area contributed by atoms with Gasteiger partial charge >= 0.3 is 12.0 Å². The first-order valence-electron chi connectivity index (χ1n) is 7.56. The zero-order valence-corrected chi connectivity index (χ0v) is 12.7. The van der Waals surface area contributed by atoms with Crippen LogP contribution in [0.15, 0.2) is 0 Å². The molecule has 1 N–H and O–H groups in total. The number of aliphatic carboxylic acids is 1. The summed E-state index contributed by atoms with van der Waals surface area (Å²) in [5.41, 5.74) is 0. The smallest absolute Gasteiger partial charge is 0.320 e. The summed E-state index contributed by atoms with van der Waals surface area (Å²) in [5, 5.41) is 9.25. The van der Waals surface area contributed by atoms with Crippen molar-refractivity contribution < 1.29 is 24.2 Å². The Kier molecular flexibility index (Phi) is 5.41. The van der Waals surface area contributed by atoms with E-state index >= 15 is 0 Å². The van der Waals surface area contributed by atoms with Crippen LogP contribution in [0.3, 0.4) is 0 Å². The summed E-state index contributed by atoms with van der Waals surface area (Å²) in [6, 6.07) is -0.496. The molecule has 7 heteroatoms. The van der Waals surface area contributed by atoms with Crippen LogP contribution in [0.1, 0.15) is 20.3 Å². The second-order valence-corrected chi connectivity index (χ2v) is 5.47. The number of morpholine rings is 1. The molecule has 3 unspecified atom stereocenters. The Morgan fingerprint density at radius 3 is 2.71 bits per heavy atom. The molecule has 0 aromatic carbocycles. The number of carbonyl (C=O) groups excluding carboxylic acids is 1. The minimum Gasteiger partial charge on any atom is -0.481 e. The Morgan fingerprint density at radius 1 is 1.33 bits per heavy atom.